The van der Waals surface area contributed by atoms with Gasteiger partial charge in [0, 0.05) is 21.1 Å². The minimum Gasteiger partial charge on any atom is -0.344 e. The third-order valence-electron chi connectivity index (χ3n) is 2.83. The average molecular weight is 281 g/mol. The maximum Gasteiger partial charge on any atom is 0.284 e. The highest BCUT2D eigenvalue weighted by Gasteiger charge is 2.23. The van der Waals surface area contributed by atoms with Gasteiger partial charge in [-0.25, -0.2) is 0 Å². The molecule has 1 aliphatic rings. The summed E-state index contributed by atoms with van der Waals surface area (Å²) >= 11 is 3.16. The number of nitrogens with one attached hydrogen (secondary N) is 1. The van der Waals surface area contributed by atoms with Gasteiger partial charge < -0.3 is 5.32 Å². The first-order valence-electron chi connectivity index (χ1n) is 6.42. The van der Waals surface area contributed by atoms with Crippen molar-refractivity contribution >= 4 is 28.8 Å². The van der Waals surface area contributed by atoms with Gasteiger partial charge in [0.15, 0.2) is 0 Å². The van der Waals surface area contributed by atoms with E-state index in [2.05, 4.69) is 31.3 Å². The molecule has 0 spiro atoms. The summed E-state index contributed by atoms with van der Waals surface area (Å²) in [6, 6.07) is 8.67. The normalized spacial score (nSPS) is 16.3. The van der Waals surface area contributed by atoms with Crippen molar-refractivity contribution < 1.29 is 4.79 Å². The van der Waals surface area contributed by atoms with Crippen molar-refractivity contribution in [3.63, 3.8) is 0 Å². The third-order valence-corrected chi connectivity index (χ3v) is 4.88. The molecule has 0 radical (unpaired) electrons. The molecular weight excluding hydrogens is 262 g/mol. The van der Waals surface area contributed by atoms with E-state index in [-0.39, 0.29) is 5.24 Å². The second-order valence-electron chi connectivity index (χ2n) is 4.62. The Morgan fingerprint density at radius 3 is 2.83 bits per heavy atom. The van der Waals surface area contributed by atoms with Gasteiger partial charge in [0.2, 0.25) is 0 Å². The van der Waals surface area contributed by atoms with Crippen molar-refractivity contribution in [2.24, 2.45) is 0 Å². The smallest absolute Gasteiger partial charge is 0.284 e. The van der Waals surface area contributed by atoms with Crippen LogP contribution in [0.25, 0.3) is 0 Å². The maximum atomic E-state index is 11.7. The van der Waals surface area contributed by atoms with E-state index in [1.54, 1.807) is 0 Å². The van der Waals surface area contributed by atoms with E-state index in [1.807, 2.05) is 23.9 Å². The number of hydrogen-bond acceptors (Lipinski definition) is 3. The molecule has 1 aromatic carbocycles. The van der Waals surface area contributed by atoms with Crippen LogP contribution in [0.15, 0.2) is 34.1 Å². The van der Waals surface area contributed by atoms with E-state index in [1.165, 1.54) is 16.7 Å². The van der Waals surface area contributed by atoms with Crippen LogP contribution in [-0.2, 0) is 0 Å². The number of carbonyl (C=O) groups is 1. The molecule has 18 heavy (non-hydrogen) atoms. The molecular formula is C14H19NOS2. The number of carbonyl (C=O) groups excluding carboxylic acids is 1. The van der Waals surface area contributed by atoms with E-state index >= 15 is 0 Å². The van der Waals surface area contributed by atoms with Crippen molar-refractivity contribution in [2.45, 2.75) is 54.2 Å². The first-order valence-corrected chi connectivity index (χ1v) is 8.12. The Hall–Kier alpha value is -0.610. The van der Waals surface area contributed by atoms with Crippen LogP contribution < -0.4 is 5.32 Å². The number of rotatable bonds is 5. The van der Waals surface area contributed by atoms with Crippen molar-refractivity contribution in [3.05, 3.63) is 24.3 Å². The number of benzene rings is 1. The SMILES string of the molecule is CC[C@H](C)Sc1cccc(SC(=O)NC2CC2)c1. The van der Waals surface area contributed by atoms with Crippen molar-refractivity contribution in [1.82, 2.24) is 5.32 Å². The first kappa shape index (κ1) is 13.8. The summed E-state index contributed by atoms with van der Waals surface area (Å²) in [6.07, 6.45) is 3.43. The number of thioether (sulfide) groups is 2. The molecule has 4 heteroatoms. The van der Waals surface area contributed by atoms with E-state index in [9.17, 15) is 4.79 Å². The molecule has 1 aromatic rings. The molecule has 98 valence electrons. The van der Waals surface area contributed by atoms with Gasteiger partial charge in [0.1, 0.15) is 0 Å². The van der Waals surface area contributed by atoms with Gasteiger partial charge in [-0.1, -0.05) is 19.9 Å². The van der Waals surface area contributed by atoms with Crippen LogP contribution >= 0.6 is 23.5 Å². The predicted octanol–water partition coefficient (Wildman–Crippen LogP) is 4.54. The summed E-state index contributed by atoms with van der Waals surface area (Å²) in [4.78, 5) is 14.0. The first-order chi connectivity index (χ1) is 8.67. The molecule has 1 aliphatic carbocycles. The standard InChI is InChI=1S/C14H19NOS2/c1-3-10(2)17-12-5-4-6-13(9-12)18-14(16)15-11-7-8-11/h4-6,9-11H,3,7-8H2,1-2H3,(H,15,16)/t10-/m0/s1. The zero-order chi connectivity index (χ0) is 13.0. The molecule has 2 nitrogen and oxygen atoms in total. The quantitative estimate of drug-likeness (QED) is 0.803. The number of hydrogen-bond donors (Lipinski definition) is 1. The average Bonchev–Trinajstić information content (AvgIpc) is 3.13. The summed E-state index contributed by atoms with van der Waals surface area (Å²) in [5.41, 5.74) is 0. The van der Waals surface area contributed by atoms with Gasteiger partial charge >= 0.3 is 0 Å². The van der Waals surface area contributed by atoms with E-state index in [0.717, 1.165) is 24.2 Å². The van der Waals surface area contributed by atoms with Crippen molar-refractivity contribution in [3.8, 4) is 0 Å². The highest BCUT2D eigenvalue weighted by Crippen LogP contribution is 2.30. The van der Waals surface area contributed by atoms with Crippen molar-refractivity contribution in [1.29, 1.82) is 0 Å². The lowest BCUT2D eigenvalue weighted by Gasteiger charge is -2.09. The Morgan fingerprint density at radius 2 is 2.17 bits per heavy atom. The van der Waals surface area contributed by atoms with Crippen LogP contribution in [0.2, 0.25) is 0 Å². The third kappa shape index (κ3) is 4.58. The fraction of sp³-hybridized carbons (Fsp3) is 0.500. The van der Waals surface area contributed by atoms with Gasteiger partial charge in [-0.15, -0.1) is 11.8 Å². The molecule has 1 N–H and O–H groups in total. The molecule has 0 bridgehead atoms. The summed E-state index contributed by atoms with van der Waals surface area (Å²) in [5.74, 6) is 0. The van der Waals surface area contributed by atoms with Gasteiger partial charge in [0.25, 0.3) is 5.24 Å². The molecule has 1 saturated carbocycles. The van der Waals surface area contributed by atoms with Crippen LogP contribution in [0.3, 0.4) is 0 Å². The van der Waals surface area contributed by atoms with Gasteiger partial charge in [-0.2, -0.15) is 0 Å². The van der Waals surface area contributed by atoms with Gasteiger partial charge in [0.05, 0.1) is 0 Å². The van der Waals surface area contributed by atoms with Crippen LogP contribution in [0.1, 0.15) is 33.1 Å². The van der Waals surface area contributed by atoms with Crippen molar-refractivity contribution in [2.75, 3.05) is 0 Å². The summed E-state index contributed by atoms with van der Waals surface area (Å²) in [7, 11) is 0. The van der Waals surface area contributed by atoms with Gasteiger partial charge in [-0.3, -0.25) is 4.79 Å². The molecule has 2 rings (SSSR count). The van der Waals surface area contributed by atoms with Gasteiger partial charge in [-0.05, 0) is 49.2 Å². The zero-order valence-electron chi connectivity index (χ0n) is 10.8. The second kappa shape index (κ2) is 6.53. The van der Waals surface area contributed by atoms with E-state index in [4.69, 9.17) is 0 Å². The highest BCUT2D eigenvalue weighted by molar-refractivity contribution is 8.13. The summed E-state index contributed by atoms with van der Waals surface area (Å²) in [6.45, 7) is 4.42. The Morgan fingerprint density at radius 1 is 1.44 bits per heavy atom. The molecule has 0 saturated heterocycles. The Labute approximate surface area is 117 Å². The molecule has 0 heterocycles. The molecule has 1 atom stereocenters. The lowest BCUT2D eigenvalue weighted by Crippen LogP contribution is -2.20. The predicted molar refractivity (Wildman–Crippen MR) is 79.5 cm³/mol. The summed E-state index contributed by atoms with van der Waals surface area (Å²) < 4.78 is 0. The maximum absolute atomic E-state index is 11.7. The van der Waals surface area contributed by atoms with Crippen LogP contribution in [0, 0.1) is 0 Å². The van der Waals surface area contributed by atoms with E-state index < -0.39 is 0 Å². The molecule has 0 unspecified atom stereocenters. The van der Waals surface area contributed by atoms with Crippen LogP contribution in [0.5, 0.6) is 0 Å². The topological polar surface area (TPSA) is 29.1 Å². The lowest BCUT2D eigenvalue weighted by atomic mass is 10.4. The molecule has 1 amide bonds. The number of amides is 1. The summed E-state index contributed by atoms with van der Waals surface area (Å²) in [5, 5.41) is 3.68. The van der Waals surface area contributed by atoms with E-state index in [0.29, 0.717) is 11.3 Å². The lowest BCUT2D eigenvalue weighted by molar-refractivity contribution is 0.260. The molecule has 1 fully saturated rings. The Bertz CT molecular complexity index is 418. The molecule has 0 aromatic heterocycles. The van der Waals surface area contributed by atoms with Crippen LogP contribution in [0.4, 0.5) is 4.79 Å². The fourth-order valence-corrected chi connectivity index (χ4v) is 3.29. The van der Waals surface area contributed by atoms with Crippen LogP contribution in [-0.4, -0.2) is 16.5 Å². The monoisotopic (exact) mass is 281 g/mol. The molecule has 0 aliphatic heterocycles. The fourth-order valence-electron chi connectivity index (χ4n) is 1.46. The minimum atomic E-state index is 0.0724. The Balaban J connectivity index is 1.91. The Kier molecular flexibility index (Phi) is 5.01. The largest absolute Gasteiger partial charge is 0.344 e. The zero-order valence-corrected chi connectivity index (χ0v) is 12.4. The minimum absolute atomic E-state index is 0.0724. The second-order valence-corrected chi connectivity index (χ2v) is 7.18. The highest BCUT2D eigenvalue weighted by atomic mass is 32.2.